The van der Waals surface area contributed by atoms with E-state index in [9.17, 15) is 9.00 Å². The third-order valence-corrected chi connectivity index (χ3v) is 7.03. The van der Waals surface area contributed by atoms with Gasteiger partial charge < -0.3 is 19.9 Å². The van der Waals surface area contributed by atoms with E-state index < -0.39 is 11.0 Å². The number of urea groups is 1. The first kappa shape index (κ1) is 25.6. The van der Waals surface area contributed by atoms with Crippen LogP contribution in [-0.4, -0.2) is 69.7 Å². The van der Waals surface area contributed by atoms with Gasteiger partial charge in [0.2, 0.25) is 0 Å². The van der Waals surface area contributed by atoms with Gasteiger partial charge in [-0.15, -0.1) is 0 Å². The van der Waals surface area contributed by atoms with Crippen molar-refractivity contribution in [1.82, 2.24) is 19.8 Å². The van der Waals surface area contributed by atoms with E-state index in [1.807, 2.05) is 37.8 Å². The lowest BCUT2D eigenvalue weighted by molar-refractivity contribution is -0.0577. The average Bonchev–Trinajstić information content (AvgIpc) is 2.70. The van der Waals surface area contributed by atoms with Crippen molar-refractivity contribution in [3.05, 3.63) is 35.7 Å². The number of likely N-dealkylation sites (tertiary alicyclic amines) is 1. The lowest BCUT2D eigenvalue weighted by atomic mass is 10.1. The summed E-state index contributed by atoms with van der Waals surface area (Å²) in [6.45, 7) is 19.0. The summed E-state index contributed by atoms with van der Waals surface area (Å²) in [6.07, 6.45) is 5.96. The molecule has 8 heteroatoms. The van der Waals surface area contributed by atoms with Crippen molar-refractivity contribution in [1.29, 1.82) is 0 Å². The van der Waals surface area contributed by atoms with Crippen LogP contribution in [0.15, 0.2) is 35.7 Å². The van der Waals surface area contributed by atoms with Crippen molar-refractivity contribution in [3.8, 4) is 0 Å². The van der Waals surface area contributed by atoms with Crippen molar-refractivity contribution >= 4 is 17.0 Å². The van der Waals surface area contributed by atoms with Crippen LogP contribution >= 0.6 is 0 Å². The quantitative estimate of drug-likeness (QED) is 0.582. The minimum atomic E-state index is -1.03. The zero-order valence-electron chi connectivity index (χ0n) is 19.9. The first-order chi connectivity index (χ1) is 14.6. The molecule has 0 bridgehead atoms. The van der Waals surface area contributed by atoms with Crippen molar-refractivity contribution in [2.45, 2.75) is 77.9 Å². The summed E-state index contributed by atoms with van der Waals surface area (Å²) < 4.78 is 21.0. The van der Waals surface area contributed by atoms with E-state index in [4.69, 9.17) is 4.74 Å². The van der Waals surface area contributed by atoms with Gasteiger partial charge in [-0.1, -0.05) is 6.58 Å². The fraction of sp³-hybridized carbons (Fsp3) is 0.696. The van der Waals surface area contributed by atoms with Gasteiger partial charge in [-0.2, -0.15) is 0 Å². The second-order valence-corrected chi connectivity index (χ2v) is 10.8. The fourth-order valence-corrected chi connectivity index (χ4v) is 4.60. The van der Waals surface area contributed by atoms with Gasteiger partial charge in [-0.25, -0.2) is 13.7 Å². The number of hydrogen-bond donors (Lipinski definition) is 2. The summed E-state index contributed by atoms with van der Waals surface area (Å²) in [6, 6.07) is 0.0738. The molecular formula is C23H40N4O3S. The summed E-state index contributed by atoms with van der Waals surface area (Å²) in [7, 11) is -1.03. The number of carbonyl (C=O) groups is 1. The van der Waals surface area contributed by atoms with E-state index in [0.717, 1.165) is 42.9 Å². The summed E-state index contributed by atoms with van der Waals surface area (Å²) >= 11 is 0. The highest BCUT2D eigenvalue weighted by molar-refractivity contribution is 7.83. The first-order valence-corrected chi connectivity index (χ1v) is 12.5. The van der Waals surface area contributed by atoms with Crippen LogP contribution in [0.1, 0.15) is 54.4 Å². The van der Waals surface area contributed by atoms with Gasteiger partial charge in [0.05, 0.1) is 23.2 Å². The van der Waals surface area contributed by atoms with Gasteiger partial charge in [-0.05, 0) is 72.1 Å². The molecule has 2 N–H and O–H groups in total. The monoisotopic (exact) mass is 452 g/mol. The van der Waals surface area contributed by atoms with Crippen LogP contribution in [0.4, 0.5) is 4.79 Å². The Hall–Kier alpha value is -1.64. The van der Waals surface area contributed by atoms with Crippen LogP contribution in [0.25, 0.3) is 0 Å². The molecule has 1 unspecified atom stereocenters. The molecule has 0 saturated carbocycles. The van der Waals surface area contributed by atoms with E-state index in [2.05, 4.69) is 42.3 Å². The number of piperidine rings is 1. The summed E-state index contributed by atoms with van der Waals surface area (Å²) in [5.41, 5.74) is 2.67. The molecule has 3 atom stereocenters. The normalized spacial score (nSPS) is 25.0. The molecule has 0 radical (unpaired) electrons. The van der Waals surface area contributed by atoms with Crippen LogP contribution in [0.2, 0.25) is 0 Å². The molecule has 0 aromatic carbocycles. The van der Waals surface area contributed by atoms with Gasteiger partial charge in [0.15, 0.2) is 0 Å². The molecule has 176 valence electrons. The molecule has 2 rings (SSSR count). The van der Waals surface area contributed by atoms with Gasteiger partial charge in [0, 0.05) is 48.9 Å². The number of rotatable bonds is 7. The van der Waals surface area contributed by atoms with Crippen LogP contribution in [0, 0.1) is 0 Å². The lowest BCUT2D eigenvalue weighted by Gasteiger charge is -2.37. The van der Waals surface area contributed by atoms with Crippen molar-refractivity contribution in [2.24, 2.45) is 0 Å². The molecule has 31 heavy (non-hydrogen) atoms. The Kier molecular flexibility index (Phi) is 9.78. The van der Waals surface area contributed by atoms with Crippen molar-refractivity contribution in [3.63, 3.8) is 0 Å². The molecule has 2 aliphatic heterocycles. The molecule has 2 heterocycles. The smallest absolute Gasteiger partial charge is 0.321 e. The predicted octanol–water partition coefficient (Wildman–Crippen LogP) is 3.30. The number of amides is 2. The van der Waals surface area contributed by atoms with E-state index in [0.29, 0.717) is 13.1 Å². The van der Waals surface area contributed by atoms with Gasteiger partial charge in [-0.3, -0.25) is 0 Å². The van der Waals surface area contributed by atoms with E-state index >= 15 is 0 Å². The predicted molar refractivity (Wildman–Crippen MR) is 128 cm³/mol. The van der Waals surface area contributed by atoms with Crippen molar-refractivity contribution < 1.29 is 13.7 Å². The Bertz CT molecular complexity index is 716. The van der Waals surface area contributed by atoms with Crippen molar-refractivity contribution in [2.75, 3.05) is 26.2 Å². The molecule has 2 amide bonds. The maximum atomic E-state index is 12.8. The summed E-state index contributed by atoms with van der Waals surface area (Å²) in [5, 5.41) is 3.10. The third kappa shape index (κ3) is 8.09. The topological polar surface area (TPSA) is 73.9 Å². The Labute approximate surface area is 190 Å². The molecular weight excluding hydrogens is 412 g/mol. The number of hydrogen-bond acceptors (Lipinski definition) is 4. The molecule has 2 fully saturated rings. The molecule has 2 saturated heterocycles. The highest BCUT2D eigenvalue weighted by Gasteiger charge is 2.25. The van der Waals surface area contributed by atoms with E-state index in [1.54, 1.807) is 0 Å². The first-order valence-electron chi connectivity index (χ1n) is 11.2. The zero-order chi connectivity index (χ0) is 23.1. The van der Waals surface area contributed by atoms with E-state index in [-0.39, 0.29) is 29.5 Å². The van der Waals surface area contributed by atoms with Gasteiger partial charge in [0.25, 0.3) is 0 Å². The molecule has 2 aliphatic rings. The van der Waals surface area contributed by atoms with Crippen LogP contribution < -0.4 is 10.0 Å². The molecule has 0 aliphatic carbocycles. The molecule has 7 nitrogen and oxygen atoms in total. The summed E-state index contributed by atoms with van der Waals surface area (Å²) in [5.74, 6) is 0. The Balaban J connectivity index is 1.93. The number of carbonyl (C=O) groups excluding carboxylic acids is 1. The molecule has 0 aromatic heterocycles. The van der Waals surface area contributed by atoms with Gasteiger partial charge in [0.1, 0.15) is 0 Å². The summed E-state index contributed by atoms with van der Waals surface area (Å²) in [4.78, 5) is 16.9. The fourth-order valence-electron chi connectivity index (χ4n) is 3.76. The Morgan fingerprint density at radius 2 is 1.68 bits per heavy atom. The number of morpholine rings is 1. The number of nitrogens with one attached hydrogen (secondary N) is 2. The second kappa shape index (κ2) is 11.8. The molecule has 0 spiro atoms. The largest absolute Gasteiger partial charge is 0.372 e. The van der Waals surface area contributed by atoms with Crippen LogP contribution in [0.3, 0.4) is 0 Å². The van der Waals surface area contributed by atoms with Crippen LogP contribution in [-0.2, 0) is 15.7 Å². The standard InChI is InChI=1S/C23H40N4O3S/c1-16(2)22(9-8-18(5)27-14-19(6)30-20(7)15-27)24-23(28)26-12-10-21(11-13-26)25-31(29)17(3)4/h8-9,17,19-21,25H,1,10-15H2,2-7H3,(H,24,28)/b18-8+,22-9+/t19-,20+,31?. The highest BCUT2D eigenvalue weighted by atomic mass is 32.2. The maximum absolute atomic E-state index is 12.8. The second-order valence-electron chi connectivity index (χ2n) is 8.99. The zero-order valence-corrected chi connectivity index (χ0v) is 20.8. The minimum Gasteiger partial charge on any atom is -0.372 e. The number of nitrogens with zero attached hydrogens (tertiary/aromatic N) is 2. The number of allylic oxidation sites excluding steroid dienone is 4. The molecule has 0 aromatic rings. The number of ether oxygens (including phenoxy) is 1. The van der Waals surface area contributed by atoms with E-state index in [1.165, 1.54) is 0 Å². The van der Waals surface area contributed by atoms with Gasteiger partial charge >= 0.3 is 6.03 Å². The Morgan fingerprint density at radius 3 is 2.19 bits per heavy atom. The third-order valence-electron chi connectivity index (χ3n) is 5.60. The lowest BCUT2D eigenvalue weighted by Crippen LogP contribution is -2.49. The average molecular weight is 453 g/mol. The highest BCUT2D eigenvalue weighted by Crippen LogP contribution is 2.17. The van der Waals surface area contributed by atoms with Crippen LogP contribution in [0.5, 0.6) is 0 Å². The SMILES string of the molecule is C=C(C)/C(=C\C=C(/C)N1C[C@@H](C)O[C@@H](C)C1)NC(=O)N1CCC(NS(=O)C(C)C)CC1. The maximum Gasteiger partial charge on any atom is 0.321 e. The Morgan fingerprint density at radius 1 is 1.10 bits per heavy atom. The minimum absolute atomic E-state index is 0.0880.